The van der Waals surface area contributed by atoms with Gasteiger partial charge in [0.15, 0.2) is 5.16 Å². The fourth-order valence-corrected chi connectivity index (χ4v) is 2.38. The van der Waals surface area contributed by atoms with Crippen LogP contribution in [0.2, 0.25) is 5.02 Å². The topological polar surface area (TPSA) is 80.9 Å². The molecular weight excluding hydrogens is 296 g/mol. The van der Waals surface area contributed by atoms with Crippen molar-refractivity contribution >= 4 is 40.6 Å². The van der Waals surface area contributed by atoms with Gasteiger partial charge in [-0.25, -0.2) is 9.97 Å². The molecule has 2 aromatic rings. The minimum Gasteiger partial charge on any atom is -0.397 e. The van der Waals surface area contributed by atoms with E-state index >= 15 is 0 Å². The van der Waals surface area contributed by atoms with Gasteiger partial charge in [-0.1, -0.05) is 23.4 Å². The van der Waals surface area contributed by atoms with Gasteiger partial charge in [0.05, 0.1) is 11.4 Å². The zero-order valence-electron chi connectivity index (χ0n) is 10.5. The number of thioether (sulfide) groups is 1. The highest BCUT2D eigenvalue weighted by Gasteiger charge is 2.06. The van der Waals surface area contributed by atoms with Crippen LogP contribution in [0.15, 0.2) is 41.8 Å². The smallest absolute Gasteiger partial charge is 0.225 e. The lowest BCUT2D eigenvalue weighted by molar-refractivity contribution is -0.115. The monoisotopic (exact) mass is 308 g/mol. The molecule has 1 aromatic carbocycles. The van der Waals surface area contributed by atoms with Gasteiger partial charge in [-0.3, -0.25) is 4.79 Å². The molecule has 0 fully saturated rings. The Balaban J connectivity index is 1.81. The summed E-state index contributed by atoms with van der Waals surface area (Å²) in [5.74, 6) is 0.492. The van der Waals surface area contributed by atoms with Crippen LogP contribution in [0.1, 0.15) is 6.42 Å². The zero-order valence-corrected chi connectivity index (χ0v) is 12.1. The van der Waals surface area contributed by atoms with Crippen molar-refractivity contribution in [2.45, 2.75) is 11.6 Å². The Bertz CT molecular complexity index is 594. The maximum atomic E-state index is 11.8. The van der Waals surface area contributed by atoms with Crippen LogP contribution < -0.4 is 11.1 Å². The Labute approximate surface area is 126 Å². The number of benzene rings is 1. The molecule has 0 aliphatic rings. The van der Waals surface area contributed by atoms with Crippen LogP contribution in [-0.4, -0.2) is 21.6 Å². The maximum Gasteiger partial charge on any atom is 0.225 e. The van der Waals surface area contributed by atoms with E-state index in [9.17, 15) is 4.79 Å². The summed E-state index contributed by atoms with van der Waals surface area (Å²) in [5, 5.41) is 3.94. The third kappa shape index (κ3) is 4.40. The van der Waals surface area contributed by atoms with E-state index in [1.807, 2.05) is 0 Å². The number of nitrogen functional groups attached to an aromatic ring is 1. The molecule has 1 amide bonds. The summed E-state index contributed by atoms with van der Waals surface area (Å²) in [6.45, 7) is 0. The first-order chi connectivity index (χ1) is 9.65. The summed E-state index contributed by atoms with van der Waals surface area (Å²) in [6.07, 6.45) is 3.69. The first-order valence-corrected chi connectivity index (χ1v) is 7.26. The van der Waals surface area contributed by atoms with E-state index in [1.165, 1.54) is 11.8 Å². The quantitative estimate of drug-likeness (QED) is 0.504. The van der Waals surface area contributed by atoms with Crippen molar-refractivity contribution in [1.82, 2.24) is 9.97 Å². The van der Waals surface area contributed by atoms with Crippen molar-refractivity contribution in [1.29, 1.82) is 0 Å². The molecule has 0 spiro atoms. The van der Waals surface area contributed by atoms with Crippen molar-refractivity contribution < 1.29 is 4.79 Å². The Morgan fingerprint density at radius 2 is 2.10 bits per heavy atom. The van der Waals surface area contributed by atoms with Crippen molar-refractivity contribution in [3.05, 3.63) is 41.7 Å². The highest BCUT2D eigenvalue weighted by molar-refractivity contribution is 7.99. The number of hydrogen-bond acceptors (Lipinski definition) is 5. The van der Waals surface area contributed by atoms with Gasteiger partial charge in [0.1, 0.15) is 0 Å². The normalized spacial score (nSPS) is 10.2. The molecule has 0 radical (unpaired) electrons. The van der Waals surface area contributed by atoms with Crippen molar-refractivity contribution in [3.63, 3.8) is 0 Å². The number of hydrogen-bond donors (Lipinski definition) is 2. The number of nitrogens with one attached hydrogen (secondary N) is 1. The predicted molar refractivity (Wildman–Crippen MR) is 81.9 cm³/mol. The molecule has 0 unspecified atom stereocenters. The minimum absolute atomic E-state index is 0.109. The standard InChI is InChI=1S/C13H13ClN4OS/c14-9-2-3-11(10(15)8-9)18-12(19)4-7-20-13-16-5-1-6-17-13/h1-3,5-6,8H,4,7,15H2,(H,18,19). The molecule has 2 rings (SSSR count). The molecule has 0 aliphatic heterocycles. The summed E-state index contributed by atoms with van der Waals surface area (Å²) in [5.41, 5.74) is 6.78. The molecule has 0 bridgehead atoms. The van der Waals surface area contributed by atoms with Gasteiger partial charge in [0.25, 0.3) is 0 Å². The number of rotatable bonds is 5. The summed E-state index contributed by atoms with van der Waals surface area (Å²) >= 11 is 7.23. The van der Waals surface area contributed by atoms with Crippen LogP contribution in [-0.2, 0) is 4.79 Å². The SMILES string of the molecule is Nc1cc(Cl)ccc1NC(=O)CCSc1ncccn1. The fourth-order valence-electron chi connectivity index (χ4n) is 1.46. The number of halogens is 1. The summed E-state index contributed by atoms with van der Waals surface area (Å²) in [4.78, 5) is 19.9. The van der Waals surface area contributed by atoms with E-state index in [1.54, 1.807) is 36.7 Å². The van der Waals surface area contributed by atoms with Gasteiger partial charge in [0.2, 0.25) is 5.91 Å². The van der Waals surface area contributed by atoms with Crippen LogP contribution in [0.4, 0.5) is 11.4 Å². The molecule has 104 valence electrons. The van der Waals surface area contributed by atoms with Crippen LogP contribution in [0.5, 0.6) is 0 Å². The van der Waals surface area contributed by atoms with Crippen LogP contribution in [0.25, 0.3) is 0 Å². The number of anilines is 2. The lowest BCUT2D eigenvalue weighted by Gasteiger charge is -2.08. The molecule has 7 heteroatoms. The molecule has 20 heavy (non-hydrogen) atoms. The lowest BCUT2D eigenvalue weighted by atomic mass is 10.2. The second kappa shape index (κ2) is 7.12. The molecule has 0 aliphatic carbocycles. The Hall–Kier alpha value is -1.79. The number of aromatic nitrogens is 2. The molecule has 1 heterocycles. The number of nitrogens with zero attached hydrogens (tertiary/aromatic N) is 2. The van der Waals surface area contributed by atoms with Gasteiger partial charge in [-0.05, 0) is 24.3 Å². The summed E-state index contributed by atoms with van der Waals surface area (Å²) < 4.78 is 0. The molecule has 3 N–H and O–H groups in total. The average molecular weight is 309 g/mol. The maximum absolute atomic E-state index is 11.8. The predicted octanol–water partition coefficient (Wildman–Crippen LogP) is 2.83. The van der Waals surface area contributed by atoms with Crippen molar-refractivity contribution in [2.24, 2.45) is 0 Å². The molecule has 5 nitrogen and oxygen atoms in total. The van der Waals surface area contributed by atoms with Gasteiger partial charge in [-0.15, -0.1) is 0 Å². The second-order valence-electron chi connectivity index (χ2n) is 3.91. The molecule has 1 aromatic heterocycles. The van der Waals surface area contributed by atoms with E-state index in [0.29, 0.717) is 33.7 Å². The molecule has 0 saturated heterocycles. The zero-order chi connectivity index (χ0) is 14.4. The van der Waals surface area contributed by atoms with E-state index in [4.69, 9.17) is 17.3 Å². The van der Waals surface area contributed by atoms with Crippen LogP contribution >= 0.6 is 23.4 Å². The first-order valence-electron chi connectivity index (χ1n) is 5.90. The number of carbonyl (C=O) groups is 1. The van der Waals surface area contributed by atoms with Crippen molar-refractivity contribution in [3.8, 4) is 0 Å². The van der Waals surface area contributed by atoms with Crippen LogP contribution in [0.3, 0.4) is 0 Å². The van der Waals surface area contributed by atoms with Gasteiger partial charge < -0.3 is 11.1 Å². The highest BCUT2D eigenvalue weighted by atomic mass is 35.5. The van der Waals surface area contributed by atoms with Crippen molar-refractivity contribution in [2.75, 3.05) is 16.8 Å². The fraction of sp³-hybridized carbons (Fsp3) is 0.154. The Morgan fingerprint density at radius 1 is 1.35 bits per heavy atom. The van der Waals surface area contributed by atoms with Gasteiger partial charge in [-0.2, -0.15) is 0 Å². The second-order valence-corrected chi connectivity index (χ2v) is 5.41. The van der Waals surface area contributed by atoms with E-state index in [2.05, 4.69) is 15.3 Å². The lowest BCUT2D eigenvalue weighted by Crippen LogP contribution is -2.13. The Kier molecular flexibility index (Phi) is 5.20. The number of carbonyl (C=O) groups excluding carboxylic acids is 1. The average Bonchev–Trinajstić information content (AvgIpc) is 2.43. The summed E-state index contributed by atoms with van der Waals surface area (Å²) in [7, 11) is 0. The molecule has 0 saturated carbocycles. The van der Waals surface area contributed by atoms with Crippen LogP contribution in [0, 0.1) is 0 Å². The van der Waals surface area contributed by atoms with E-state index in [0.717, 1.165) is 0 Å². The molecule has 0 atom stereocenters. The third-order valence-electron chi connectivity index (χ3n) is 2.39. The van der Waals surface area contributed by atoms with Gasteiger partial charge >= 0.3 is 0 Å². The minimum atomic E-state index is -0.109. The van der Waals surface area contributed by atoms with E-state index < -0.39 is 0 Å². The molecular formula is C13H13ClN4OS. The summed E-state index contributed by atoms with van der Waals surface area (Å²) in [6, 6.07) is 6.72. The Morgan fingerprint density at radius 3 is 2.80 bits per heavy atom. The third-order valence-corrected chi connectivity index (χ3v) is 3.50. The number of nitrogens with two attached hydrogens (primary N) is 1. The number of amides is 1. The largest absolute Gasteiger partial charge is 0.397 e. The van der Waals surface area contributed by atoms with E-state index in [-0.39, 0.29) is 5.91 Å². The highest BCUT2D eigenvalue weighted by Crippen LogP contribution is 2.23. The van der Waals surface area contributed by atoms with Gasteiger partial charge in [0, 0.05) is 29.6 Å². The first kappa shape index (κ1) is 14.6.